The van der Waals surface area contributed by atoms with E-state index in [1.807, 2.05) is 19.4 Å². The van der Waals surface area contributed by atoms with E-state index in [9.17, 15) is 13.2 Å². The first kappa shape index (κ1) is 23.3. The number of anilines is 1. The van der Waals surface area contributed by atoms with Crippen LogP contribution >= 0.6 is 11.6 Å². The lowest BCUT2D eigenvalue weighted by molar-refractivity contribution is 0.0777. The minimum Gasteiger partial charge on any atom is -0.337 e. The number of sulfonamides is 1. The van der Waals surface area contributed by atoms with Crippen molar-refractivity contribution in [2.75, 3.05) is 24.4 Å². The van der Waals surface area contributed by atoms with Crippen molar-refractivity contribution < 1.29 is 13.2 Å². The second-order valence-corrected chi connectivity index (χ2v) is 11.6. The number of benzene rings is 2. The molecule has 0 aliphatic carbocycles. The summed E-state index contributed by atoms with van der Waals surface area (Å²) < 4.78 is 29.4. The average molecular weight is 487 g/mol. The fourth-order valence-corrected chi connectivity index (χ4v) is 5.82. The number of rotatable bonds is 5. The molecule has 0 saturated carbocycles. The van der Waals surface area contributed by atoms with Crippen molar-refractivity contribution in [3.8, 4) is 0 Å². The quantitative estimate of drug-likeness (QED) is 0.542. The van der Waals surface area contributed by atoms with Crippen molar-refractivity contribution in [3.63, 3.8) is 0 Å². The largest absolute Gasteiger partial charge is 0.337 e. The van der Waals surface area contributed by atoms with Crippen LogP contribution in [0.1, 0.15) is 35.7 Å². The van der Waals surface area contributed by atoms with Crippen LogP contribution in [0.2, 0.25) is 5.02 Å². The van der Waals surface area contributed by atoms with E-state index in [0.29, 0.717) is 29.4 Å². The third-order valence-electron chi connectivity index (χ3n) is 6.27. The third kappa shape index (κ3) is 4.50. The molecular formula is C24H27ClN4O3S. The van der Waals surface area contributed by atoms with Gasteiger partial charge in [-0.15, -0.1) is 0 Å². The molecule has 1 fully saturated rings. The SMILES string of the molecule is CN(c1cccc(Cl)c1)S(=O)(=O)c1cccc(C(=O)N2CC(c3cnn(C)c3)C(C)(C)C2)c1. The topological polar surface area (TPSA) is 75.5 Å². The van der Waals surface area contributed by atoms with Crippen LogP contribution in [-0.2, 0) is 17.1 Å². The van der Waals surface area contributed by atoms with Crippen molar-refractivity contribution in [1.29, 1.82) is 0 Å². The zero-order valence-electron chi connectivity index (χ0n) is 19.1. The van der Waals surface area contributed by atoms with Gasteiger partial charge in [-0.3, -0.25) is 13.8 Å². The fraction of sp³-hybridized carbons (Fsp3) is 0.333. The molecule has 0 spiro atoms. The van der Waals surface area contributed by atoms with E-state index >= 15 is 0 Å². The summed E-state index contributed by atoms with van der Waals surface area (Å²) in [6.07, 6.45) is 3.83. The molecule has 0 radical (unpaired) electrons. The minimum absolute atomic E-state index is 0.0538. The summed E-state index contributed by atoms with van der Waals surface area (Å²) in [5.74, 6) is -0.0343. The van der Waals surface area contributed by atoms with Crippen molar-refractivity contribution >= 4 is 33.2 Å². The van der Waals surface area contributed by atoms with E-state index in [4.69, 9.17) is 11.6 Å². The van der Waals surface area contributed by atoms with Gasteiger partial charge < -0.3 is 4.90 Å². The van der Waals surface area contributed by atoms with Crippen LogP contribution in [0.15, 0.2) is 65.8 Å². The summed E-state index contributed by atoms with van der Waals surface area (Å²) in [5, 5.41) is 4.72. The highest BCUT2D eigenvalue weighted by Crippen LogP contribution is 2.42. The molecule has 1 aliphatic rings. The molecule has 1 atom stereocenters. The van der Waals surface area contributed by atoms with Gasteiger partial charge in [-0.2, -0.15) is 5.10 Å². The number of amides is 1. The van der Waals surface area contributed by atoms with Crippen molar-refractivity contribution in [1.82, 2.24) is 14.7 Å². The summed E-state index contributed by atoms with van der Waals surface area (Å²) in [5.41, 5.74) is 1.75. The van der Waals surface area contributed by atoms with Crippen LogP contribution in [0, 0.1) is 5.41 Å². The zero-order chi connectivity index (χ0) is 24.0. The van der Waals surface area contributed by atoms with Gasteiger partial charge in [-0.05, 0) is 47.4 Å². The van der Waals surface area contributed by atoms with E-state index in [-0.39, 0.29) is 22.1 Å². The summed E-state index contributed by atoms with van der Waals surface area (Å²) in [6, 6.07) is 12.8. The second-order valence-electron chi connectivity index (χ2n) is 9.15. The maximum Gasteiger partial charge on any atom is 0.264 e. The smallest absolute Gasteiger partial charge is 0.264 e. The van der Waals surface area contributed by atoms with Gasteiger partial charge in [0.25, 0.3) is 15.9 Å². The highest BCUT2D eigenvalue weighted by Gasteiger charge is 2.42. The highest BCUT2D eigenvalue weighted by molar-refractivity contribution is 7.92. The third-order valence-corrected chi connectivity index (χ3v) is 8.29. The Morgan fingerprint density at radius 3 is 2.58 bits per heavy atom. The molecule has 1 aliphatic heterocycles. The standard InChI is InChI=1S/C24H27ClN4O3S/c1-24(2)16-29(15-22(24)18-13-26-27(3)14-18)23(30)17-7-5-10-21(11-17)33(31,32)28(4)20-9-6-8-19(25)12-20/h5-14,22H,15-16H2,1-4H3. The normalized spacial score (nSPS) is 17.8. The van der Waals surface area contributed by atoms with Gasteiger partial charge in [-0.25, -0.2) is 8.42 Å². The molecule has 1 aromatic heterocycles. The van der Waals surface area contributed by atoms with Crippen LogP contribution in [0.4, 0.5) is 5.69 Å². The van der Waals surface area contributed by atoms with Crippen LogP contribution < -0.4 is 4.31 Å². The lowest BCUT2D eigenvalue weighted by Crippen LogP contribution is -2.31. The van der Waals surface area contributed by atoms with Crippen molar-refractivity contribution in [3.05, 3.63) is 77.1 Å². The molecular weight excluding hydrogens is 460 g/mol. The monoisotopic (exact) mass is 486 g/mol. The summed E-state index contributed by atoms with van der Waals surface area (Å²) in [6.45, 7) is 5.40. The first-order valence-electron chi connectivity index (χ1n) is 10.6. The fourth-order valence-electron chi connectivity index (χ4n) is 4.41. The van der Waals surface area contributed by atoms with E-state index in [0.717, 1.165) is 5.56 Å². The Labute approximate surface area is 199 Å². The van der Waals surface area contributed by atoms with Crippen molar-refractivity contribution in [2.24, 2.45) is 12.5 Å². The van der Waals surface area contributed by atoms with Crippen LogP contribution in [0.3, 0.4) is 0 Å². The maximum atomic E-state index is 13.4. The van der Waals surface area contributed by atoms with Gasteiger partial charge >= 0.3 is 0 Å². The maximum absolute atomic E-state index is 13.4. The molecule has 4 rings (SSSR count). The lowest BCUT2D eigenvalue weighted by Gasteiger charge is -2.24. The Kier molecular flexibility index (Phi) is 6.01. The first-order valence-corrected chi connectivity index (χ1v) is 12.4. The van der Waals surface area contributed by atoms with Gasteiger partial charge in [0.15, 0.2) is 0 Å². The predicted octanol–water partition coefficient (Wildman–Crippen LogP) is 4.16. The Hall–Kier alpha value is -2.84. The Bertz CT molecular complexity index is 1300. The summed E-state index contributed by atoms with van der Waals surface area (Å²) in [7, 11) is -0.524. The van der Waals surface area contributed by atoms with Gasteiger partial charge in [0.1, 0.15) is 0 Å². The first-order chi connectivity index (χ1) is 15.5. The Morgan fingerprint density at radius 2 is 1.91 bits per heavy atom. The highest BCUT2D eigenvalue weighted by atomic mass is 35.5. The van der Waals surface area contributed by atoms with E-state index < -0.39 is 10.0 Å². The van der Waals surface area contributed by atoms with Crippen LogP contribution in [0.5, 0.6) is 0 Å². The molecule has 2 heterocycles. The molecule has 9 heteroatoms. The molecule has 2 aromatic carbocycles. The number of hydrogen-bond acceptors (Lipinski definition) is 4. The average Bonchev–Trinajstić information content (AvgIpc) is 3.34. The van der Waals surface area contributed by atoms with Crippen LogP contribution in [0.25, 0.3) is 0 Å². The number of hydrogen-bond donors (Lipinski definition) is 0. The van der Waals surface area contributed by atoms with Gasteiger partial charge in [0.05, 0.1) is 16.8 Å². The number of carbonyl (C=O) groups excluding carboxylic acids is 1. The summed E-state index contributed by atoms with van der Waals surface area (Å²) >= 11 is 6.03. The molecule has 1 saturated heterocycles. The minimum atomic E-state index is -3.87. The molecule has 0 N–H and O–H groups in total. The number of nitrogens with zero attached hydrogens (tertiary/aromatic N) is 4. The molecule has 0 bridgehead atoms. The number of aryl methyl sites for hydroxylation is 1. The second kappa shape index (κ2) is 8.50. The predicted molar refractivity (Wildman–Crippen MR) is 129 cm³/mol. The summed E-state index contributed by atoms with van der Waals surface area (Å²) in [4.78, 5) is 15.2. The van der Waals surface area contributed by atoms with Crippen molar-refractivity contribution in [2.45, 2.75) is 24.7 Å². The van der Waals surface area contributed by atoms with E-state index in [1.54, 1.807) is 46.0 Å². The number of aromatic nitrogens is 2. The molecule has 1 amide bonds. The molecule has 3 aromatic rings. The number of likely N-dealkylation sites (tertiary alicyclic amines) is 1. The number of carbonyl (C=O) groups is 1. The molecule has 1 unspecified atom stereocenters. The van der Waals surface area contributed by atoms with Gasteiger partial charge in [0.2, 0.25) is 0 Å². The molecule has 33 heavy (non-hydrogen) atoms. The van der Waals surface area contributed by atoms with Gasteiger partial charge in [-0.1, -0.05) is 37.6 Å². The lowest BCUT2D eigenvalue weighted by atomic mass is 9.79. The Balaban J connectivity index is 1.59. The van der Waals surface area contributed by atoms with Gasteiger partial charge in [0, 0.05) is 49.9 Å². The Morgan fingerprint density at radius 1 is 1.18 bits per heavy atom. The number of halogens is 1. The van der Waals surface area contributed by atoms with Crippen LogP contribution in [-0.4, -0.2) is 49.1 Å². The zero-order valence-corrected chi connectivity index (χ0v) is 20.6. The molecule has 7 nitrogen and oxygen atoms in total. The molecule has 174 valence electrons. The van der Waals surface area contributed by atoms with E-state index in [2.05, 4.69) is 18.9 Å². The van der Waals surface area contributed by atoms with E-state index in [1.165, 1.54) is 23.5 Å².